The normalized spacial score (nSPS) is 14.6. The molecule has 0 saturated heterocycles. The molecule has 0 bridgehead atoms. The highest BCUT2D eigenvalue weighted by atomic mass is 16.5. The highest BCUT2D eigenvalue weighted by molar-refractivity contribution is 5.79. The molecule has 2 unspecified atom stereocenters. The van der Waals surface area contributed by atoms with Crippen molar-refractivity contribution in [3.05, 3.63) is 95.6 Å². The van der Waals surface area contributed by atoms with Crippen LogP contribution in [0.2, 0.25) is 0 Å². The Morgan fingerprint density at radius 3 is 2.10 bits per heavy atom. The second kappa shape index (κ2) is 8.50. The van der Waals surface area contributed by atoms with Crippen LogP contribution in [0.15, 0.2) is 78.9 Å². The van der Waals surface area contributed by atoms with Gasteiger partial charge in [-0.2, -0.15) is 0 Å². The molecule has 0 radical (unpaired) electrons. The molecule has 1 aliphatic carbocycles. The van der Waals surface area contributed by atoms with E-state index in [9.17, 15) is 9.90 Å². The molecule has 4 rings (SSSR count). The lowest BCUT2D eigenvalue weighted by molar-refractivity contribution is 0.108. The maximum atomic E-state index is 12.3. The first-order valence-corrected chi connectivity index (χ1v) is 9.97. The van der Waals surface area contributed by atoms with Crippen LogP contribution >= 0.6 is 0 Å². The second-order valence-corrected chi connectivity index (χ2v) is 7.52. The van der Waals surface area contributed by atoms with Gasteiger partial charge in [-0.25, -0.2) is 4.79 Å². The fourth-order valence-electron chi connectivity index (χ4n) is 3.95. The molecule has 0 saturated carbocycles. The molecule has 3 aromatic rings. The molecule has 0 aromatic heterocycles. The molecule has 2 N–H and O–H groups in total. The fourth-order valence-corrected chi connectivity index (χ4v) is 3.95. The number of alkyl carbamates (subject to hydrolysis) is 1. The van der Waals surface area contributed by atoms with E-state index in [1.54, 1.807) is 6.92 Å². The second-order valence-electron chi connectivity index (χ2n) is 7.52. The lowest BCUT2D eigenvalue weighted by Gasteiger charge is -2.21. The molecule has 0 fully saturated rings. The first kappa shape index (κ1) is 19.2. The summed E-state index contributed by atoms with van der Waals surface area (Å²) in [6.07, 6.45) is -0.713. The van der Waals surface area contributed by atoms with Crippen LogP contribution < -0.4 is 5.32 Å². The predicted octanol–water partition coefficient (Wildman–Crippen LogP) is 4.52. The van der Waals surface area contributed by atoms with Gasteiger partial charge in [0.1, 0.15) is 6.61 Å². The number of aliphatic hydroxyl groups is 1. The Kier molecular flexibility index (Phi) is 5.63. The molecule has 3 aromatic carbocycles. The number of aliphatic hydroxyl groups excluding tert-OH is 1. The van der Waals surface area contributed by atoms with Crippen molar-refractivity contribution < 1.29 is 14.6 Å². The molecule has 148 valence electrons. The third-order valence-electron chi connectivity index (χ3n) is 5.55. The van der Waals surface area contributed by atoms with Gasteiger partial charge in [0.05, 0.1) is 12.1 Å². The zero-order chi connectivity index (χ0) is 20.2. The highest BCUT2D eigenvalue weighted by Crippen LogP contribution is 2.44. The van der Waals surface area contributed by atoms with E-state index in [2.05, 4.69) is 29.6 Å². The SMILES string of the molecule is CC(NC(=O)OCC1c2ccccc2-c2ccccc21)C(O)Cc1ccccc1. The molecule has 4 nitrogen and oxygen atoms in total. The standard InChI is InChI=1S/C25H25NO3/c1-17(24(27)15-18-9-3-2-4-10-18)26-25(28)29-16-23-21-13-7-5-11-19(21)20-12-6-8-14-22(20)23/h2-14,17,23-24,27H,15-16H2,1H3,(H,26,28). The average Bonchev–Trinajstić information content (AvgIpc) is 3.07. The smallest absolute Gasteiger partial charge is 0.407 e. The van der Waals surface area contributed by atoms with Crippen molar-refractivity contribution in [1.82, 2.24) is 5.32 Å². The topological polar surface area (TPSA) is 58.6 Å². The Balaban J connectivity index is 1.36. The molecule has 29 heavy (non-hydrogen) atoms. The van der Waals surface area contributed by atoms with Crippen molar-refractivity contribution in [1.29, 1.82) is 0 Å². The minimum absolute atomic E-state index is 0.0256. The zero-order valence-corrected chi connectivity index (χ0v) is 16.4. The van der Waals surface area contributed by atoms with Crippen LogP contribution in [0.4, 0.5) is 4.79 Å². The van der Waals surface area contributed by atoms with E-state index in [0.717, 1.165) is 5.56 Å². The summed E-state index contributed by atoms with van der Waals surface area (Å²) in [5.41, 5.74) is 5.78. The van der Waals surface area contributed by atoms with Gasteiger partial charge in [-0.05, 0) is 34.7 Å². The largest absolute Gasteiger partial charge is 0.449 e. The summed E-state index contributed by atoms with van der Waals surface area (Å²) in [7, 11) is 0. The Morgan fingerprint density at radius 1 is 0.931 bits per heavy atom. The van der Waals surface area contributed by atoms with Crippen LogP contribution in [0.1, 0.15) is 29.5 Å². The maximum Gasteiger partial charge on any atom is 0.407 e. The third-order valence-corrected chi connectivity index (χ3v) is 5.55. The van der Waals surface area contributed by atoms with E-state index < -0.39 is 18.2 Å². The van der Waals surface area contributed by atoms with Gasteiger partial charge in [-0.1, -0.05) is 78.9 Å². The minimum Gasteiger partial charge on any atom is -0.449 e. The number of hydrogen-bond donors (Lipinski definition) is 2. The van der Waals surface area contributed by atoms with Crippen molar-refractivity contribution in [3.8, 4) is 11.1 Å². The summed E-state index contributed by atoms with van der Waals surface area (Å²) in [5, 5.41) is 13.2. The number of nitrogens with one attached hydrogen (secondary N) is 1. The summed E-state index contributed by atoms with van der Waals surface area (Å²) in [6.45, 7) is 2.05. The molecule has 1 amide bonds. The van der Waals surface area contributed by atoms with Gasteiger partial charge in [0.25, 0.3) is 0 Å². The van der Waals surface area contributed by atoms with E-state index in [1.165, 1.54) is 22.3 Å². The lowest BCUT2D eigenvalue weighted by atomic mass is 9.98. The molecule has 1 aliphatic rings. The van der Waals surface area contributed by atoms with Crippen molar-refractivity contribution in [3.63, 3.8) is 0 Å². The number of fused-ring (bicyclic) bond motifs is 3. The maximum absolute atomic E-state index is 12.3. The van der Waals surface area contributed by atoms with Crippen LogP contribution in [0.3, 0.4) is 0 Å². The summed E-state index contributed by atoms with van der Waals surface area (Å²) in [6, 6.07) is 25.8. The van der Waals surface area contributed by atoms with Gasteiger partial charge >= 0.3 is 6.09 Å². The average molecular weight is 387 g/mol. The predicted molar refractivity (Wildman–Crippen MR) is 114 cm³/mol. The Labute approximate surface area is 171 Å². The number of ether oxygens (including phenoxy) is 1. The van der Waals surface area contributed by atoms with Crippen molar-refractivity contribution in [2.75, 3.05) is 6.61 Å². The van der Waals surface area contributed by atoms with Crippen LogP contribution in [0.5, 0.6) is 0 Å². The van der Waals surface area contributed by atoms with E-state index in [1.807, 2.05) is 54.6 Å². The minimum atomic E-state index is -0.683. The van der Waals surface area contributed by atoms with Gasteiger partial charge in [-0.15, -0.1) is 0 Å². The van der Waals surface area contributed by atoms with Crippen LogP contribution in [-0.2, 0) is 11.2 Å². The first-order valence-electron chi connectivity index (χ1n) is 9.97. The van der Waals surface area contributed by atoms with Crippen LogP contribution in [0.25, 0.3) is 11.1 Å². The number of rotatable bonds is 6. The van der Waals surface area contributed by atoms with Gasteiger partial charge in [-0.3, -0.25) is 0 Å². The van der Waals surface area contributed by atoms with Crippen molar-refractivity contribution in [2.24, 2.45) is 0 Å². The number of benzene rings is 3. The third kappa shape index (κ3) is 4.17. The van der Waals surface area contributed by atoms with Crippen LogP contribution in [0, 0.1) is 0 Å². The quantitative estimate of drug-likeness (QED) is 0.654. The van der Waals surface area contributed by atoms with Crippen molar-refractivity contribution >= 4 is 6.09 Å². The van der Waals surface area contributed by atoms with Gasteiger partial charge < -0.3 is 15.2 Å². The molecule has 0 heterocycles. The molecule has 4 heteroatoms. The van der Waals surface area contributed by atoms with Gasteiger partial charge in [0.2, 0.25) is 0 Å². The molecule has 0 aliphatic heterocycles. The first-order chi connectivity index (χ1) is 14.1. The Morgan fingerprint density at radius 2 is 1.48 bits per heavy atom. The van der Waals surface area contributed by atoms with E-state index in [4.69, 9.17) is 4.74 Å². The summed E-state index contributed by atoms with van der Waals surface area (Å²) in [5.74, 6) is 0.0256. The number of hydrogen-bond acceptors (Lipinski definition) is 3. The number of carbonyl (C=O) groups excluding carboxylic acids is 1. The summed E-state index contributed by atoms with van der Waals surface area (Å²) >= 11 is 0. The van der Waals surface area contributed by atoms with Gasteiger partial charge in [0, 0.05) is 12.3 Å². The summed E-state index contributed by atoms with van der Waals surface area (Å²) in [4.78, 5) is 12.3. The monoisotopic (exact) mass is 387 g/mol. The lowest BCUT2D eigenvalue weighted by Crippen LogP contribution is -2.42. The fraction of sp³-hybridized carbons (Fsp3) is 0.240. The Hall–Kier alpha value is -3.11. The van der Waals surface area contributed by atoms with E-state index >= 15 is 0 Å². The van der Waals surface area contributed by atoms with Gasteiger partial charge in [0.15, 0.2) is 0 Å². The molecular formula is C25H25NO3. The van der Waals surface area contributed by atoms with E-state index in [-0.39, 0.29) is 12.5 Å². The Bertz CT molecular complexity index is 941. The molecular weight excluding hydrogens is 362 g/mol. The molecule has 0 spiro atoms. The molecule has 2 atom stereocenters. The van der Waals surface area contributed by atoms with E-state index in [0.29, 0.717) is 6.42 Å². The van der Waals surface area contributed by atoms with Crippen LogP contribution in [-0.4, -0.2) is 30.0 Å². The highest BCUT2D eigenvalue weighted by Gasteiger charge is 2.29. The number of carbonyl (C=O) groups is 1. The summed E-state index contributed by atoms with van der Waals surface area (Å²) < 4.78 is 5.55. The number of amides is 1. The van der Waals surface area contributed by atoms with Crippen molar-refractivity contribution in [2.45, 2.75) is 31.4 Å². The zero-order valence-electron chi connectivity index (χ0n) is 16.4.